The second-order valence-corrected chi connectivity index (χ2v) is 5.54. The van der Waals surface area contributed by atoms with Crippen LogP contribution < -0.4 is 5.73 Å². The molecule has 0 aliphatic heterocycles. The average molecular weight is 207 g/mol. The van der Waals surface area contributed by atoms with Crippen molar-refractivity contribution in [3.8, 4) is 0 Å². The van der Waals surface area contributed by atoms with Gasteiger partial charge in [0, 0.05) is 19.6 Å². The molecule has 3 rings (SSSR count). The van der Waals surface area contributed by atoms with Gasteiger partial charge in [0.2, 0.25) is 0 Å². The average Bonchev–Trinajstić information content (AvgIpc) is 3.11. The Morgan fingerprint density at radius 1 is 1.33 bits per heavy atom. The molecular formula is C12H21N3. The van der Waals surface area contributed by atoms with Gasteiger partial charge in [-0.3, -0.25) is 4.99 Å². The third kappa shape index (κ3) is 2.11. The highest BCUT2D eigenvalue weighted by atomic mass is 15.3. The fourth-order valence-corrected chi connectivity index (χ4v) is 2.55. The van der Waals surface area contributed by atoms with E-state index in [0.29, 0.717) is 6.04 Å². The van der Waals surface area contributed by atoms with Crippen LogP contribution in [0, 0.1) is 17.8 Å². The van der Waals surface area contributed by atoms with E-state index in [1.807, 2.05) is 0 Å². The van der Waals surface area contributed by atoms with E-state index < -0.39 is 0 Å². The first-order valence-electron chi connectivity index (χ1n) is 6.28. The lowest BCUT2D eigenvalue weighted by Gasteiger charge is -2.16. The van der Waals surface area contributed by atoms with Crippen molar-refractivity contribution < 1.29 is 0 Å². The van der Waals surface area contributed by atoms with E-state index in [9.17, 15) is 0 Å². The predicted molar refractivity (Wildman–Crippen MR) is 61.6 cm³/mol. The molecule has 0 saturated heterocycles. The number of rotatable bonds is 4. The Morgan fingerprint density at radius 2 is 2.07 bits per heavy atom. The first kappa shape index (κ1) is 9.49. The topological polar surface area (TPSA) is 41.6 Å². The van der Waals surface area contributed by atoms with Crippen LogP contribution >= 0.6 is 0 Å². The minimum Gasteiger partial charge on any atom is -0.370 e. The van der Waals surface area contributed by atoms with E-state index in [-0.39, 0.29) is 0 Å². The van der Waals surface area contributed by atoms with Crippen LogP contribution in [0.2, 0.25) is 0 Å². The standard InChI is InChI=1S/C12H21N3/c1-15(10-4-5-10)12(13)14-7-9-6-11(9)8-2-3-8/h8-11H,2-7H2,1H3,(H2,13,14)/t9-,11-/m0/s1. The van der Waals surface area contributed by atoms with Crippen molar-refractivity contribution in [2.24, 2.45) is 28.5 Å². The molecule has 0 unspecified atom stereocenters. The molecule has 0 aromatic carbocycles. The quantitative estimate of drug-likeness (QED) is 0.560. The fourth-order valence-electron chi connectivity index (χ4n) is 2.55. The van der Waals surface area contributed by atoms with Crippen molar-refractivity contribution in [3.63, 3.8) is 0 Å². The third-order valence-electron chi connectivity index (χ3n) is 4.15. The summed E-state index contributed by atoms with van der Waals surface area (Å²) in [7, 11) is 2.07. The Hall–Kier alpha value is -0.730. The zero-order valence-electron chi connectivity index (χ0n) is 9.52. The van der Waals surface area contributed by atoms with E-state index in [0.717, 1.165) is 30.3 Å². The predicted octanol–water partition coefficient (Wildman–Crippen LogP) is 1.44. The molecule has 3 fully saturated rings. The maximum Gasteiger partial charge on any atom is 0.191 e. The van der Waals surface area contributed by atoms with Gasteiger partial charge in [0.15, 0.2) is 5.96 Å². The lowest BCUT2D eigenvalue weighted by molar-refractivity contribution is 0.485. The van der Waals surface area contributed by atoms with Gasteiger partial charge in [-0.25, -0.2) is 0 Å². The van der Waals surface area contributed by atoms with Crippen LogP contribution in [0.4, 0.5) is 0 Å². The summed E-state index contributed by atoms with van der Waals surface area (Å²) in [5, 5.41) is 0. The number of nitrogens with two attached hydrogens (primary N) is 1. The molecule has 3 nitrogen and oxygen atoms in total. The Bertz CT molecular complexity index is 279. The molecule has 0 aromatic heterocycles. The summed E-state index contributed by atoms with van der Waals surface area (Å²) in [6.07, 6.45) is 6.95. The third-order valence-corrected chi connectivity index (χ3v) is 4.15. The second-order valence-electron chi connectivity index (χ2n) is 5.54. The lowest BCUT2D eigenvalue weighted by atomic mass is 10.2. The minimum absolute atomic E-state index is 0.687. The van der Waals surface area contributed by atoms with Crippen LogP contribution in [-0.4, -0.2) is 30.5 Å². The van der Waals surface area contributed by atoms with Crippen LogP contribution in [0.3, 0.4) is 0 Å². The van der Waals surface area contributed by atoms with Gasteiger partial charge in [-0.15, -0.1) is 0 Å². The van der Waals surface area contributed by atoms with Crippen LogP contribution in [0.15, 0.2) is 4.99 Å². The smallest absolute Gasteiger partial charge is 0.191 e. The van der Waals surface area contributed by atoms with Crippen LogP contribution in [0.5, 0.6) is 0 Å². The number of hydrogen-bond acceptors (Lipinski definition) is 1. The van der Waals surface area contributed by atoms with E-state index in [1.165, 1.54) is 32.1 Å². The summed E-state index contributed by atoms with van der Waals surface area (Å²) < 4.78 is 0. The van der Waals surface area contributed by atoms with Gasteiger partial charge in [-0.1, -0.05) is 0 Å². The molecule has 2 atom stereocenters. The fraction of sp³-hybridized carbons (Fsp3) is 0.917. The van der Waals surface area contributed by atoms with Gasteiger partial charge in [0.25, 0.3) is 0 Å². The highest BCUT2D eigenvalue weighted by Gasteiger charge is 2.47. The zero-order valence-corrected chi connectivity index (χ0v) is 9.52. The van der Waals surface area contributed by atoms with Gasteiger partial charge in [-0.05, 0) is 49.9 Å². The van der Waals surface area contributed by atoms with Crippen LogP contribution in [0.25, 0.3) is 0 Å². The molecule has 0 amide bonds. The molecule has 3 heteroatoms. The summed E-state index contributed by atoms with van der Waals surface area (Å²) in [6.45, 7) is 0.976. The Kier molecular flexibility index (Phi) is 2.15. The van der Waals surface area contributed by atoms with Gasteiger partial charge in [0.05, 0.1) is 0 Å². The molecule has 2 N–H and O–H groups in total. The monoisotopic (exact) mass is 207 g/mol. The minimum atomic E-state index is 0.687. The van der Waals surface area contributed by atoms with Gasteiger partial charge < -0.3 is 10.6 Å². The molecular weight excluding hydrogens is 186 g/mol. The number of aliphatic imine (C=N–C) groups is 1. The van der Waals surface area contributed by atoms with E-state index in [1.54, 1.807) is 0 Å². The summed E-state index contributed by atoms with van der Waals surface area (Å²) in [5.74, 6) is 3.70. The van der Waals surface area contributed by atoms with E-state index >= 15 is 0 Å². The molecule has 0 heterocycles. The highest BCUT2D eigenvalue weighted by molar-refractivity contribution is 5.78. The molecule has 0 radical (unpaired) electrons. The van der Waals surface area contributed by atoms with Gasteiger partial charge >= 0.3 is 0 Å². The summed E-state index contributed by atoms with van der Waals surface area (Å²) in [6, 6.07) is 0.687. The van der Waals surface area contributed by atoms with Crippen molar-refractivity contribution in [3.05, 3.63) is 0 Å². The summed E-state index contributed by atoms with van der Waals surface area (Å²) in [4.78, 5) is 6.68. The van der Waals surface area contributed by atoms with Gasteiger partial charge in [-0.2, -0.15) is 0 Å². The number of hydrogen-bond donors (Lipinski definition) is 1. The number of nitrogens with zero attached hydrogens (tertiary/aromatic N) is 2. The Labute approximate surface area is 91.7 Å². The molecule has 0 aromatic rings. The van der Waals surface area contributed by atoms with Gasteiger partial charge in [0.1, 0.15) is 0 Å². The SMILES string of the molecule is CN(C(N)=NC[C@@H]1C[C@H]1C1CC1)C1CC1. The lowest BCUT2D eigenvalue weighted by Crippen LogP contribution is -2.35. The maximum atomic E-state index is 5.95. The summed E-state index contributed by atoms with van der Waals surface area (Å²) >= 11 is 0. The first-order chi connectivity index (χ1) is 7.25. The van der Waals surface area contributed by atoms with Crippen molar-refractivity contribution >= 4 is 5.96 Å². The first-order valence-corrected chi connectivity index (χ1v) is 6.28. The van der Waals surface area contributed by atoms with Crippen molar-refractivity contribution in [1.29, 1.82) is 0 Å². The van der Waals surface area contributed by atoms with Crippen molar-refractivity contribution in [2.75, 3.05) is 13.6 Å². The highest BCUT2D eigenvalue weighted by Crippen LogP contribution is 2.54. The van der Waals surface area contributed by atoms with E-state index in [4.69, 9.17) is 5.73 Å². The molecule has 15 heavy (non-hydrogen) atoms. The molecule has 3 saturated carbocycles. The second kappa shape index (κ2) is 3.39. The molecule has 0 bridgehead atoms. The molecule has 3 aliphatic rings. The molecule has 84 valence electrons. The zero-order chi connectivity index (χ0) is 10.4. The van der Waals surface area contributed by atoms with Crippen molar-refractivity contribution in [1.82, 2.24) is 4.90 Å². The normalized spacial score (nSPS) is 35.4. The largest absolute Gasteiger partial charge is 0.370 e. The van der Waals surface area contributed by atoms with E-state index in [2.05, 4.69) is 16.9 Å². The number of guanidine groups is 1. The summed E-state index contributed by atoms with van der Waals surface area (Å²) in [5.41, 5.74) is 5.95. The van der Waals surface area contributed by atoms with Crippen LogP contribution in [0.1, 0.15) is 32.1 Å². The maximum absolute atomic E-state index is 5.95. The molecule has 0 spiro atoms. The molecule has 3 aliphatic carbocycles. The Balaban J connectivity index is 1.45. The van der Waals surface area contributed by atoms with Crippen LogP contribution in [-0.2, 0) is 0 Å². The Morgan fingerprint density at radius 3 is 2.67 bits per heavy atom. The van der Waals surface area contributed by atoms with Crippen molar-refractivity contribution in [2.45, 2.75) is 38.1 Å².